The molecule has 0 aliphatic carbocycles. The van der Waals surface area contributed by atoms with Crippen LogP contribution < -0.4 is 5.32 Å². The molecule has 0 saturated heterocycles. The summed E-state index contributed by atoms with van der Waals surface area (Å²) in [6.45, 7) is 2.51. The summed E-state index contributed by atoms with van der Waals surface area (Å²) < 4.78 is 43.2. The molecule has 0 fully saturated rings. The third kappa shape index (κ3) is 6.11. The Morgan fingerprint density at radius 1 is 1.25 bits per heavy atom. The normalized spacial score (nSPS) is 11.9. The molecule has 0 saturated carbocycles. The number of hydrogen-bond donors (Lipinski definition) is 1. The van der Waals surface area contributed by atoms with Crippen LogP contribution in [0.1, 0.15) is 5.56 Å². The molecule has 0 aliphatic rings. The minimum atomic E-state index is -4.32. The van der Waals surface area contributed by atoms with E-state index in [-0.39, 0.29) is 0 Å². The molecule has 0 radical (unpaired) electrons. The number of anilines is 1. The van der Waals surface area contributed by atoms with Crippen LogP contribution in [0.2, 0.25) is 0 Å². The fraction of sp³-hybridized carbons (Fsp3) is 0.538. The zero-order chi connectivity index (χ0) is 15.2. The van der Waals surface area contributed by atoms with Gasteiger partial charge in [0.05, 0.1) is 18.8 Å². The number of alkyl halides is 3. The van der Waals surface area contributed by atoms with Gasteiger partial charge in [0.1, 0.15) is 0 Å². The molecule has 0 amide bonds. The maximum atomic E-state index is 12.5. The summed E-state index contributed by atoms with van der Waals surface area (Å²) >= 11 is 3.13. The Morgan fingerprint density at radius 3 is 2.50 bits per heavy atom. The summed E-state index contributed by atoms with van der Waals surface area (Å²) in [6.07, 6.45) is -4.32. The Hall–Kier alpha value is -0.790. The molecule has 1 rings (SSSR count). The van der Waals surface area contributed by atoms with E-state index in [1.165, 1.54) is 6.07 Å². The van der Waals surface area contributed by atoms with Crippen LogP contribution in [0.3, 0.4) is 0 Å². The second-order valence-corrected chi connectivity index (χ2v) is 5.39. The van der Waals surface area contributed by atoms with E-state index >= 15 is 0 Å². The molecule has 0 bridgehead atoms. The molecule has 0 heterocycles. The Morgan fingerprint density at radius 2 is 1.95 bits per heavy atom. The zero-order valence-corrected chi connectivity index (χ0v) is 13.0. The minimum absolute atomic E-state index is 0.389. The minimum Gasteiger partial charge on any atom is -0.382 e. The van der Waals surface area contributed by atoms with E-state index in [0.717, 1.165) is 18.7 Å². The van der Waals surface area contributed by atoms with E-state index in [1.807, 2.05) is 19.0 Å². The average Bonchev–Trinajstić information content (AvgIpc) is 2.33. The van der Waals surface area contributed by atoms with Crippen LogP contribution >= 0.6 is 15.9 Å². The van der Waals surface area contributed by atoms with Gasteiger partial charge in [-0.2, -0.15) is 13.2 Å². The highest BCUT2D eigenvalue weighted by Crippen LogP contribution is 2.33. The van der Waals surface area contributed by atoms with Crippen LogP contribution in [-0.4, -0.2) is 45.3 Å². The lowest BCUT2D eigenvalue weighted by molar-refractivity contribution is -0.137. The molecule has 0 atom stereocenters. The van der Waals surface area contributed by atoms with Gasteiger partial charge in [0.25, 0.3) is 0 Å². The number of likely N-dealkylation sites (N-methyl/N-ethyl adjacent to an activating group) is 1. The molecule has 20 heavy (non-hydrogen) atoms. The first kappa shape index (κ1) is 17.3. The van der Waals surface area contributed by atoms with Crippen molar-refractivity contribution in [3.63, 3.8) is 0 Å². The monoisotopic (exact) mass is 354 g/mol. The van der Waals surface area contributed by atoms with Gasteiger partial charge in [-0.3, -0.25) is 0 Å². The van der Waals surface area contributed by atoms with E-state index in [9.17, 15) is 13.2 Å². The third-order valence-corrected chi connectivity index (χ3v) is 3.20. The fourth-order valence-corrected chi connectivity index (χ4v) is 1.96. The Labute approximate surface area is 125 Å². The summed E-state index contributed by atoms with van der Waals surface area (Å²) in [5.74, 6) is 0. The summed E-state index contributed by atoms with van der Waals surface area (Å²) in [7, 11) is 3.92. The molecular weight excluding hydrogens is 337 g/mol. The lowest BCUT2D eigenvalue weighted by atomic mass is 10.2. The highest BCUT2D eigenvalue weighted by Gasteiger charge is 2.30. The van der Waals surface area contributed by atoms with E-state index < -0.39 is 11.7 Å². The molecule has 1 aromatic carbocycles. The van der Waals surface area contributed by atoms with Crippen molar-refractivity contribution in [3.8, 4) is 0 Å². The standard InChI is InChI=1S/C13H18BrF3N2O/c1-19(2)6-8-20-7-5-18-12-4-3-10(9-11(12)14)13(15,16)17/h3-4,9,18H,5-8H2,1-2H3. The second kappa shape index (κ2) is 7.85. The highest BCUT2D eigenvalue weighted by atomic mass is 79.9. The quantitative estimate of drug-likeness (QED) is 0.759. The van der Waals surface area contributed by atoms with Crippen molar-refractivity contribution in [1.29, 1.82) is 0 Å². The topological polar surface area (TPSA) is 24.5 Å². The van der Waals surface area contributed by atoms with Gasteiger partial charge in [0.15, 0.2) is 0 Å². The van der Waals surface area contributed by atoms with Gasteiger partial charge in [-0.25, -0.2) is 0 Å². The summed E-state index contributed by atoms with van der Waals surface area (Å²) in [4.78, 5) is 2.01. The Balaban J connectivity index is 2.38. The van der Waals surface area contributed by atoms with Crippen LogP contribution in [0.4, 0.5) is 18.9 Å². The SMILES string of the molecule is CN(C)CCOCCNc1ccc(C(F)(F)F)cc1Br. The van der Waals surface area contributed by atoms with Crippen LogP contribution in [0.25, 0.3) is 0 Å². The van der Waals surface area contributed by atoms with Crippen LogP contribution in [0, 0.1) is 0 Å². The first-order valence-electron chi connectivity index (χ1n) is 6.14. The third-order valence-electron chi connectivity index (χ3n) is 2.54. The summed E-state index contributed by atoms with van der Waals surface area (Å²) in [6, 6.07) is 3.53. The molecule has 0 unspecified atom stereocenters. The molecule has 3 nitrogen and oxygen atoms in total. The van der Waals surface area contributed by atoms with Crippen molar-refractivity contribution in [2.45, 2.75) is 6.18 Å². The van der Waals surface area contributed by atoms with Gasteiger partial charge in [-0.15, -0.1) is 0 Å². The Bertz CT molecular complexity index is 425. The molecule has 0 spiro atoms. The average molecular weight is 355 g/mol. The van der Waals surface area contributed by atoms with E-state index in [0.29, 0.717) is 29.9 Å². The van der Waals surface area contributed by atoms with E-state index in [4.69, 9.17) is 4.74 Å². The number of nitrogens with zero attached hydrogens (tertiary/aromatic N) is 1. The number of hydrogen-bond acceptors (Lipinski definition) is 3. The zero-order valence-electron chi connectivity index (χ0n) is 11.4. The lowest BCUT2D eigenvalue weighted by Crippen LogP contribution is -2.20. The molecule has 7 heteroatoms. The van der Waals surface area contributed by atoms with Crippen molar-refractivity contribution >= 4 is 21.6 Å². The molecule has 0 aromatic heterocycles. The number of rotatable bonds is 7. The highest BCUT2D eigenvalue weighted by molar-refractivity contribution is 9.10. The predicted molar refractivity (Wildman–Crippen MR) is 77.0 cm³/mol. The maximum Gasteiger partial charge on any atom is 0.416 e. The van der Waals surface area contributed by atoms with Crippen molar-refractivity contribution in [1.82, 2.24) is 4.90 Å². The van der Waals surface area contributed by atoms with Gasteiger partial charge in [0, 0.05) is 23.2 Å². The largest absolute Gasteiger partial charge is 0.416 e. The predicted octanol–water partition coefficient (Wildman–Crippen LogP) is 3.46. The molecule has 1 aromatic rings. The van der Waals surface area contributed by atoms with Crippen molar-refractivity contribution in [2.75, 3.05) is 45.7 Å². The van der Waals surface area contributed by atoms with E-state index in [2.05, 4.69) is 21.2 Å². The fourth-order valence-electron chi connectivity index (χ4n) is 1.44. The van der Waals surface area contributed by atoms with Crippen LogP contribution in [-0.2, 0) is 10.9 Å². The first-order chi connectivity index (χ1) is 9.30. The summed E-state index contributed by atoms with van der Waals surface area (Å²) in [5.41, 5.74) is -0.0497. The summed E-state index contributed by atoms with van der Waals surface area (Å²) in [5, 5.41) is 3.03. The molecule has 0 aliphatic heterocycles. The number of benzene rings is 1. The van der Waals surface area contributed by atoms with Crippen molar-refractivity contribution < 1.29 is 17.9 Å². The molecular formula is C13H18BrF3N2O. The van der Waals surface area contributed by atoms with Crippen LogP contribution in [0.5, 0.6) is 0 Å². The number of ether oxygens (including phenoxy) is 1. The Kier molecular flexibility index (Phi) is 6.78. The van der Waals surface area contributed by atoms with Gasteiger partial charge in [-0.05, 0) is 48.2 Å². The van der Waals surface area contributed by atoms with Crippen LogP contribution in [0.15, 0.2) is 22.7 Å². The maximum absolute atomic E-state index is 12.5. The van der Waals surface area contributed by atoms with Crippen molar-refractivity contribution in [3.05, 3.63) is 28.2 Å². The number of halogens is 4. The van der Waals surface area contributed by atoms with E-state index in [1.54, 1.807) is 0 Å². The molecule has 114 valence electrons. The number of nitrogens with one attached hydrogen (secondary N) is 1. The lowest BCUT2D eigenvalue weighted by Gasteiger charge is -2.13. The van der Waals surface area contributed by atoms with Crippen molar-refractivity contribution in [2.24, 2.45) is 0 Å². The first-order valence-corrected chi connectivity index (χ1v) is 6.93. The smallest absolute Gasteiger partial charge is 0.382 e. The van der Waals surface area contributed by atoms with Gasteiger partial charge in [-0.1, -0.05) is 0 Å². The van der Waals surface area contributed by atoms with Gasteiger partial charge < -0.3 is 15.0 Å². The molecule has 1 N–H and O–H groups in total. The van der Waals surface area contributed by atoms with Gasteiger partial charge >= 0.3 is 6.18 Å². The van der Waals surface area contributed by atoms with Gasteiger partial charge in [0.2, 0.25) is 0 Å². The second-order valence-electron chi connectivity index (χ2n) is 4.53.